The summed E-state index contributed by atoms with van der Waals surface area (Å²) in [5, 5.41) is 0. The molecule has 0 unspecified atom stereocenters. The van der Waals surface area contributed by atoms with E-state index in [1.165, 1.54) is 12.8 Å². The van der Waals surface area contributed by atoms with Crippen molar-refractivity contribution in [2.45, 2.75) is 46.6 Å². The lowest BCUT2D eigenvalue weighted by molar-refractivity contribution is -0.132. The summed E-state index contributed by atoms with van der Waals surface area (Å²) in [4.78, 5) is 16.2. The minimum absolute atomic E-state index is 0.209. The maximum absolute atomic E-state index is 12.1. The van der Waals surface area contributed by atoms with E-state index >= 15 is 0 Å². The van der Waals surface area contributed by atoms with E-state index < -0.39 is 0 Å². The highest BCUT2D eigenvalue weighted by Gasteiger charge is 2.23. The molecule has 118 valence electrons. The van der Waals surface area contributed by atoms with Crippen molar-refractivity contribution in [3.63, 3.8) is 0 Å². The standard InChI is InChI=1S/C16H32N2O2/c1-13(2)15-6-8-18(9-7-15)12-16(19)17(5)10-11-20-14(3)4/h13-15H,6-12H2,1-5H3. The highest BCUT2D eigenvalue weighted by Crippen LogP contribution is 2.24. The number of rotatable bonds is 7. The van der Waals surface area contributed by atoms with E-state index in [1.807, 2.05) is 20.9 Å². The molecule has 1 aliphatic heterocycles. The van der Waals surface area contributed by atoms with Crippen molar-refractivity contribution in [3.05, 3.63) is 0 Å². The summed E-state index contributed by atoms with van der Waals surface area (Å²) in [6.45, 7) is 12.6. The fourth-order valence-electron chi connectivity index (χ4n) is 2.64. The summed E-state index contributed by atoms with van der Waals surface area (Å²) in [5.74, 6) is 1.81. The van der Waals surface area contributed by atoms with Crippen molar-refractivity contribution < 1.29 is 9.53 Å². The second kappa shape index (κ2) is 8.63. The Morgan fingerprint density at radius 3 is 2.35 bits per heavy atom. The van der Waals surface area contributed by atoms with Gasteiger partial charge in [-0.15, -0.1) is 0 Å². The predicted octanol–water partition coefficient (Wildman–Crippen LogP) is 2.24. The first kappa shape index (κ1) is 17.4. The van der Waals surface area contributed by atoms with Crippen molar-refractivity contribution in [3.8, 4) is 0 Å². The van der Waals surface area contributed by atoms with Gasteiger partial charge in [0.2, 0.25) is 5.91 Å². The van der Waals surface area contributed by atoms with Crippen molar-refractivity contribution >= 4 is 5.91 Å². The summed E-state index contributed by atoms with van der Waals surface area (Å²) in [6.07, 6.45) is 2.68. The molecule has 1 amide bonds. The molecule has 0 aromatic carbocycles. The highest BCUT2D eigenvalue weighted by molar-refractivity contribution is 5.77. The molecule has 4 nitrogen and oxygen atoms in total. The Bertz CT molecular complexity index is 284. The minimum atomic E-state index is 0.209. The van der Waals surface area contributed by atoms with Crippen LogP contribution in [0.15, 0.2) is 0 Å². The quantitative estimate of drug-likeness (QED) is 0.719. The van der Waals surface area contributed by atoms with E-state index in [-0.39, 0.29) is 12.0 Å². The normalized spacial score (nSPS) is 17.9. The van der Waals surface area contributed by atoms with E-state index in [4.69, 9.17) is 4.74 Å². The van der Waals surface area contributed by atoms with Gasteiger partial charge in [-0.25, -0.2) is 0 Å². The zero-order valence-corrected chi connectivity index (χ0v) is 13.9. The van der Waals surface area contributed by atoms with E-state index in [0.29, 0.717) is 19.7 Å². The fraction of sp³-hybridized carbons (Fsp3) is 0.938. The molecular weight excluding hydrogens is 252 g/mol. The van der Waals surface area contributed by atoms with Crippen LogP contribution >= 0.6 is 0 Å². The smallest absolute Gasteiger partial charge is 0.236 e. The molecule has 0 N–H and O–H groups in total. The monoisotopic (exact) mass is 284 g/mol. The van der Waals surface area contributed by atoms with Crippen LogP contribution in [0, 0.1) is 11.8 Å². The molecule has 1 saturated heterocycles. The van der Waals surface area contributed by atoms with Crippen molar-refractivity contribution in [2.24, 2.45) is 11.8 Å². The number of piperidine rings is 1. The molecule has 0 atom stereocenters. The molecule has 0 bridgehead atoms. The van der Waals surface area contributed by atoms with E-state index in [9.17, 15) is 4.79 Å². The molecule has 4 heteroatoms. The Kier molecular flexibility index (Phi) is 7.52. The number of carbonyl (C=O) groups is 1. The van der Waals surface area contributed by atoms with Gasteiger partial charge >= 0.3 is 0 Å². The Morgan fingerprint density at radius 1 is 1.25 bits per heavy atom. The molecule has 1 fully saturated rings. The fourth-order valence-corrected chi connectivity index (χ4v) is 2.64. The summed E-state index contributed by atoms with van der Waals surface area (Å²) in [5.41, 5.74) is 0. The van der Waals surface area contributed by atoms with Gasteiger partial charge in [0.05, 0.1) is 19.3 Å². The van der Waals surface area contributed by atoms with Crippen LogP contribution < -0.4 is 0 Å². The Morgan fingerprint density at radius 2 is 1.85 bits per heavy atom. The van der Waals surface area contributed by atoms with Gasteiger partial charge in [0.25, 0.3) is 0 Å². The second-order valence-corrected chi connectivity index (χ2v) is 6.59. The van der Waals surface area contributed by atoms with Gasteiger partial charge in [-0.1, -0.05) is 13.8 Å². The van der Waals surface area contributed by atoms with Crippen LogP contribution in [0.2, 0.25) is 0 Å². The minimum Gasteiger partial charge on any atom is -0.377 e. The van der Waals surface area contributed by atoms with Crippen LogP contribution in [0.3, 0.4) is 0 Å². The zero-order chi connectivity index (χ0) is 15.1. The zero-order valence-electron chi connectivity index (χ0n) is 13.9. The molecule has 0 radical (unpaired) electrons. The van der Waals surface area contributed by atoms with Crippen molar-refractivity contribution in [2.75, 3.05) is 39.8 Å². The van der Waals surface area contributed by atoms with Gasteiger partial charge in [0.1, 0.15) is 0 Å². The topological polar surface area (TPSA) is 32.8 Å². The lowest BCUT2D eigenvalue weighted by Gasteiger charge is -2.34. The number of amides is 1. The number of hydrogen-bond acceptors (Lipinski definition) is 3. The number of nitrogens with zero attached hydrogens (tertiary/aromatic N) is 2. The summed E-state index contributed by atoms with van der Waals surface area (Å²) in [7, 11) is 1.87. The number of likely N-dealkylation sites (tertiary alicyclic amines) is 1. The summed E-state index contributed by atoms with van der Waals surface area (Å²) in [6, 6.07) is 0. The molecule has 1 rings (SSSR count). The third-order valence-electron chi connectivity index (χ3n) is 4.24. The second-order valence-electron chi connectivity index (χ2n) is 6.59. The van der Waals surface area contributed by atoms with Crippen molar-refractivity contribution in [1.82, 2.24) is 9.80 Å². The summed E-state index contributed by atoms with van der Waals surface area (Å²) < 4.78 is 5.49. The van der Waals surface area contributed by atoms with Crippen LogP contribution in [0.4, 0.5) is 0 Å². The summed E-state index contributed by atoms with van der Waals surface area (Å²) >= 11 is 0. The van der Waals surface area contributed by atoms with Crippen LogP contribution in [0.1, 0.15) is 40.5 Å². The number of carbonyl (C=O) groups excluding carboxylic acids is 1. The molecule has 0 spiro atoms. The predicted molar refractivity (Wildman–Crippen MR) is 82.7 cm³/mol. The molecule has 0 aliphatic carbocycles. The van der Waals surface area contributed by atoms with Gasteiger partial charge < -0.3 is 9.64 Å². The van der Waals surface area contributed by atoms with Gasteiger partial charge in [-0.2, -0.15) is 0 Å². The molecule has 0 aromatic heterocycles. The van der Waals surface area contributed by atoms with Crippen molar-refractivity contribution in [1.29, 1.82) is 0 Å². The molecule has 0 aromatic rings. The van der Waals surface area contributed by atoms with Gasteiger partial charge in [-0.3, -0.25) is 9.69 Å². The third-order valence-corrected chi connectivity index (χ3v) is 4.24. The molecule has 1 aliphatic rings. The average molecular weight is 284 g/mol. The highest BCUT2D eigenvalue weighted by atomic mass is 16.5. The number of likely N-dealkylation sites (N-methyl/N-ethyl adjacent to an activating group) is 1. The number of hydrogen-bond donors (Lipinski definition) is 0. The first-order valence-corrected chi connectivity index (χ1v) is 7.98. The van der Waals surface area contributed by atoms with E-state index in [1.54, 1.807) is 4.90 Å². The molecule has 20 heavy (non-hydrogen) atoms. The maximum atomic E-state index is 12.1. The van der Waals surface area contributed by atoms with Crippen LogP contribution in [-0.2, 0) is 9.53 Å². The Balaban J connectivity index is 2.22. The van der Waals surface area contributed by atoms with E-state index in [0.717, 1.165) is 24.9 Å². The van der Waals surface area contributed by atoms with Crippen LogP contribution in [0.5, 0.6) is 0 Å². The largest absolute Gasteiger partial charge is 0.377 e. The van der Waals surface area contributed by atoms with Gasteiger partial charge in [-0.05, 0) is 51.6 Å². The lowest BCUT2D eigenvalue weighted by atomic mass is 9.87. The van der Waals surface area contributed by atoms with Gasteiger partial charge in [0, 0.05) is 13.6 Å². The SMILES string of the molecule is CC(C)OCCN(C)C(=O)CN1CCC(C(C)C)CC1. The number of ether oxygens (including phenoxy) is 1. The first-order valence-electron chi connectivity index (χ1n) is 7.98. The molecule has 0 saturated carbocycles. The third kappa shape index (κ3) is 6.23. The Hall–Kier alpha value is -0.610. The van der Waals surface area contributed by atoms with Crippen LogP contribution in [0.25, 0.3) is 0 Å². The molecule has 1 heterocycles. The first-order chi connectivity index (χ1) is 9.40. The molecular formula is C16H32N2O2. The van der Waals surface area contributed by atoms with E-state index in [2.05, 4.69) is 18.7 Å². The average Bonchev–Trinajstić information content (AvgIpc) is 2.38. The van der Waals surface area contributed by atoms with Gasteiger partial charge in [0.15, 0.2) is 0 Å². The van der Waals surface area contributed by atoms with Crippen LogP contribution in [-0.4, -0.2) is 61.6 Å². The lowest BCUT2D eigenvalue weighted by Crippen LogP contribution is -2.43. The maximum Gasteiger partial charge on any atom is 0.236 e. The Labute approximate surface area is 124 Å².